The van der Waals surface area contributed by atoms with Gasteiger partial charge >= 0.3 is 0 Å². The van der Waals surface area contributed by atoms with Gasteiger partial charge < -0.3 is 10.4 Å². The summed E-state index contributed by atoms with van der Waals surface area (Å²) in [4.78, 5) is 0. The molecule has 0 aliphatic carbocycles. The van der Waals surface area contributed by atoms with Crippen molar-refractivity contribution < 1.29 is 5.21 Å². The van der Waals surface area contributed by atoms with Gasteiger partial charge in [0.15, 0.2) is 0 Å². The first-order valence-corrected chi connectivity index (χ1v) is 4.57. The van der Waals surface area contributed by atoms with Crippen LogP contribution in [0.3, 0.4) is 0 Å². The standard InChI is InChI=1S/C7H7INO2/c8-5-6-2-1-3-7(4-6)9(10)11/h1-4,10H,5H2/q-1. The lowest BCUT2D eigenvalue weighted by Crippen LogP contribution is -2.06. The predicted octanol–water partition coefficient (Wildman–Crippen LogP) is 2.32. The molecule has 0 unspecified atom stereocenters. The van der Waals surface area contributed by atoms with Crippen molar-refractivity contribution in [1.82, 2.24) is 0 Å². The van der Waals surface area contributed by atoms with Crippen molar-refractivity contribution in [3.05, 3.63) is 35.0 Å². The van der Waals surface area contributed by atoms with Crippen LogP contribution in [0, 0.1) is 5.21 Å². The molecule has 0 fully saturated rings. The quantitative estimate of drug-likeness (QED) is 0.506. The third kappa shape index (κ3) is 2.32. The van der Waals surface area contributed by atoms with Crippen LogP contribution >= 0.6 is 22.6 Å². The van der Waals surface area contributed by atoms with Gasteiger partial charge in [-0.25, -0.2) is 0 Å². The number of hydrogen-bond donors (Lipinski definition) is 1. The van der Waals surface area contributed by atoms with Crippen LogP contribution in [0.4, 0.5) is 5.69 Å². The van der Waals surface area contributed by atoms with E-state index in [-0.39, 0.29) is 10.9 Å². The molecule has 1 aromatic rings. The molecule has 3 nitrogen and oxygen atoms in total. The number of alkyl halides is 1. The highest BCUT2D eigenvalue weighted by Crippen LogP contribution is 2.15. The van der Waals surface area contributed by atoms with E-state index in [2.05, 4.69) is 22.6 Å². The normalized spacial score (nSPS) is 9.73. The van der Waals surface area contributed by atoms with Gasteiger partial charge in [-0.2, -0.15) is 0 Å². The van der Waals surface area contributed by atoms with Crippen molar-refractivity contribution in [2.45, 2.75) is 4.43 Å². The summed E-state index contributed by atoms with van der Waals surface area (Å²) < 4.78 is 0.833. The van der Waals surface area contributed by atoms with E-state index in [9.17, 15) is 5.21 Å². The van der Waals surface area contributed by atoms with Crippen LogP contribution in [0.2, 0.25) is 0 Å². The Labute approximate surface area is 78.3 Å². The van der Waals surface area contributed by atoms with E-state index in [1.807, 2.05) is 6.07 Å². The number of benzene rings is 1. The molecule has 0 bridgehead atoms. The molecule has 11 heavy (non-hydrogen) atoms. The fourth-order valence-electron chi connectivity index (χ4n) is 0.759. The summed E-state index contributed by atoms with van der Waals surface area (Å²) in [6, 6.07) is 6.85. The van der Waals surface area contributed by atoms with E-state index in [1.54, 1.807) is 18.2 Å². The lowest BCUT2D eigenvalue weighted by molar-refractivity contribution is 0.296. The van der Waals surface area contributed by atoms with Crippen LogP contribution < -0.4 is 5.23 Å². The third-order valence-corrected chi connectivity index (χ3v) is 2.17. The second-order valence-electron chi connectivity index (χ2n) is 2.08. The molecule has 60 valence electrons. The number of rotatable bonds is 2. The zero-order valence-corrected chi connectivity index (χ0v) is 7.85. The minimum absolute atomic E-state index is 0.129. The second-order valence-corrected chi connectivity index (χ2v) is 2.84. The number of hydrogen-bond acceptors (Lipinski definition) is 3. The second kappa shape index (κ2) is 3.89. The molecular weight excluding hydrogens is 257 g/mol. The minimum atomic E-state index is -0.129. The van der Waals surface area contributed by atoms with Crippen LogP contribution in [-0.4, -0.2) is 5.21 Å². The first kappa shape index (κ1) is 8.76. The molecule has 0 radical (unpaired) electrons. The predicted molar refractivity (Wildman–Crippen MR) is 51.8 cm³/mol. The van der Waals surface area contributed by atoms with Gasteiger partial charge in [0.25, 0.3) is 0 Å². The van der Waals surface area contributed by atoms with E-state index >= 15 is 0 Å². The molecule has 0 heterocycles. The maximum Gasteiger partial charge on any atom is 0.0511 e. The Hall–Kier alpha value is -0.330. The Kier molecular flexibility index (Phi) is 3.10. The topological polar surface area (TPSA) is 46.5 Å². The van der Waals surface area contributed by atoms with Gasteiger partial charge in [-0.1, -0.05) is 34.7 Å². The van der Waals surface area contributed by atoms with Crippen molar-refractivity contribution in [2.24, 2.45) is 0 Å². The monoisotopic (exact) mass is 264 g/mol. The molecule has 0 aliphatic rings. The summed E-state index contributed by atoms with van der Waals surface area (Å²) in [7, 11) is 0. The maximum atomic E-state index is 10.4. The summed E-state index contributed by atoms with van der Waals surface area (Å²) in [6.45, 7) is 0. The SMILES string of the molecule is [O-]N(O)c1cccc(CI)c1. The van der Waals surface area contributed by atoms with Gasteiger partial charge in [-0.05, 0) is 17.7 Å². The lowest BCUT2D eigenvalue weighted by atomic mass is 10.2. The molecule has 1 N–H and O–H groups in total. The molecule has 0 saturated carbocycles. The molecule has 0 saturated heterocycles. The van der Waals surface area contributed by atoms with E-state index < -0.39 is 0 Å². The van der Waals surface area contributed by atoms with E-state index in [0.29, 0.717) is 0 Å². The van der Waals surface area contributed by atoms with Gasteiger partial charge in [0.1, 0.15) is 0 Å². The van der Waals surface area contributed by atoms with Crippen molar-refractivity contribution >= 4 is 28.3 Å². The van der Waals surface area contributed by atoms with E-state index in [0.717, 1.165) is 9.99 Å². The fourth-order valence-corrected chi connectivity index (χ4v) is 1.23. The summed E-state index contributed by atoms with van der Waals surface area (Å²) in [6.07, 6.45) is 0. The molecule has 0 aliphatic heterocycles. The Bertz CT molecular complexity index is 240. The lowest BCUT2D eigenvalue weighted by Gasteiger charge is -2.21. The zero-order chi connectivity index (χ0) is 8.27. The average Bonchev–Trinajstić information content (AvgIpc) is 2.05. The van der Waals surface area contributed by atoms with Crippen molar-refractivity contribution in [2.75, 3.05) is 5.23 Å². The molecule has 0 spiro atoms. The summed E-state index contributed by atoms with van der Waals surface area (Å²) >= 11 is 2.19. The summed E-state index contributed by atoms with van der Waals surface area (Å²) in [5, 5.41) is 18.8. The van der Waals surface area contributed by atoms with Crippen LogP contribution in [0.15, 0.2) is 24.3 Å². The Morgan fingerprint density at radius 3 is 2.82 bits per heavy atom. The molecule has 1 aromatic carbocycles. The number of anilines is 1. The molecule has 0 amide bonds. The summed E-state index contributed by atoms with van der Waals surface area (Å²) in [5.74, 6) is 0. The van der Waals surface area contributed by atoms with Crippen molar-refractivity contribution in [1.29, 1.82) is 0 Å². The van der Waals surface area contributed by atoms with Gasteiger partial charge in [-0.3, -0.25) is 5.21 Å². The highest BCUT2D eigenvalue weighted by Gasteiger charge is 1.93. The van der Waals surface area contributed by atoms with Crippen molar-refractivity contribution in [3.63, 3.8) is 0 Å². The zero-order valence-electron chi connectivity index (χ0n) is 5.70. The molecule has 1 rings (SSSR count). The highest BCUT2D eigenvalue weighted by atomic mass is 127. The number of halogens is 1. The average molecular weight is 264 g/mol. The summed E-state index contributed by atoms with van der Waals surface area (Å²) in [5.41, 5.74) is 1.30. The van der Waals surface area contributed by atoms with Crippen LogP contribution in [0.1, 0.15) is 5.56 Å². The van der Waals surface area contributed by atoms with Gasteiger partial charge in [-0.15, -0.1) is 0 Å². The van der Waals surface area contributed by atoms with Gasteiger partial charge in [0.05, 0.1) is 5.69 Å². The largest absolute Gasteiger partial charge is 0.733 e. The smallest absolute Gasteiger partial charge is 0.0511 e. The molecule has 4 heteroatoms. The highest BCUT2D eigenvalue weighted by molar-refractivity contribution is 14.1. The first-order chi connectivity index (χ1) is 5.24. The first-order valence-electron chi connectivity index (χ1n) is 3.05. The van der Waals surface area contributed by atoms with Gasteiger partial charge in [0, 0.05) is 4.43 Å². The Balaban J connectivity index is 2.91. The van der Waals surface area contributed by atoms with Crippen LogP contribution in [-0.2, 0) is 4.43 Å². The van der Waals surface area contributed by atoms with Crippen LogP contribution in [0.25, 0.3) is 0 Å². The fraction of sp³-hybridized carbons (Fsp3) is 0.143. The number of nitrogens with zero attached hydrogens (tertiary/aromatic N) is 1. The molecular formula is C7H7INO2-. The molecule has 0 atom stereocenters. The van der Waals surface area contributed by atoms with Crippen LogP contribution in [0.5, 0.6) is 0 Å². The third-order valence-electron chi connectivity index (χ3n) is 1.29. The minimum Gasteiger partial charge on any atom is -0.733 e. The maximum absolute atomic E-state index is 10.4. The van der Waals surface area contributed by atoms with Crippen molar-refractivity contribution in [3.8, 4) is 0 Å². The van der Waals surface area contributed by atoms with E-state index in [4.69, 9.17) is 5.21 Å². The Morgan fingerprint density at radius 1 is 1.55 bits per heavy atom. The van der Waals surface area contributed by atoms with E-state index in [1.165, 1.54) is 0 Å². The van der Waals surface area contributed by atoms with Gasteiger partial charge in [0.2, 0.25) is 0 Å². The Morgan fingerprint density at radius 2 is 2.27 bits per heavy atom. The molecule has 0 aromatic heterocycles.